The summed E-state index contributed by atoms with van der Waals surface area (Å²) in [6.45, 7) is 0.121. The second-order valence-corrected chi connectivity index (χ2v) is 4.28. The van der Waals surface area contributed by atoms with Crippen molar-refractivity contribution in [2.75, 3.05) is 11.9 Å². The Morgan fingerprint density at radius 3 is 3.11 bits per heavy atom. The fourth-order valence-electron chi connectivity index (χ4n) is 1.60. The second kappa shape index (κ2) is 4.25. The van der Waals surface area contributed by atoms with E-state index in [-0.39, 0.29) is 18.3 Å². The van der Waals surface area contributed by atoms with E-state index in [1.54, 1.807) is 0 Å². The Hall–Kier alpha value is -2.18. The molecule has 0 aliphatic heterocycles. The number of nitrogens with one attached hydrogen (secondary N) is 2. The van der Waals surface area contributed by atoms with Crippen LogP contribution in [0.4, 0.5) is 10.3 Å². The molecule has 7 heteroatoms. The molecule has 1 aliphatic carbocycles. The Balaban J connectivity index is 1.64. The summed E-state index contributed by atoms with van der Waals surface area (Å²) in [5.41, 5.74) is 0.529. The molecule has 2 aromatic rings. The van der Waals surface area contributed by atoms with Crippen LogP contribution < -0.4 is 10.6 Å². The van der Waals surface area contributed by atoms with Gasteiger partial charge in [0, 0.05) is 6.04 Å². The lowest BCUT2D eigenvalue weighted by molar-refractivity contribution is -0.119. The first-order valence-electron chi connectivity index (χ1n) is 5.76. The van der Waals surface area contributed by atoms with E-state index in [4.69, 9.17) is 0 Å². The van der Waals surface area contributed by atoms with Gasteiger partial charge >= 0.3 is 0 Å². The molecule has 1 amide bonds. The predicted molar refractivity (Wildman–Crippen MR) is 62.6 cm³/mol. The van der Waals surface area contributed by atoms with Crippen molar-refractivity contribution in [3.63, 3.8) is 0 Å². The number of hydrogen-bond donors (Lipinski definition) is 2. The summed E-state index contributed by atoms with van der Waals surface area (Å²) in [5.74, 6) is -0.153. The van der Waals surface area contributed by atoms with Crippen LogP contribution in [0.2, 0.25) is 0 Å². The van der Waals surface area contributed by atoms with Gasteiger partial charge in [-0.2, -0.15) is 4.98 Å². The molecular formula is C11H12FN5O. The van der Waals surface area contributed by atoms with Crippen molar-refractivity contribution in [3.05, 3.63) is 24.1 Å². The molecule has 3 rings (SSSR count). The standard InChI is InChI=1S/C11H12FN5O/c12-7-1-4-9-15-11(16-17(9)6-7)13-5-10(18)14-8-2-3-8/h1,4,6,8H,2-3,5H2,(H,13,16)(H,14,18). The molecular weight excluding hydrogens is 237 g/mol. The molecule has 1 aliphatic rings. The Kier molecular flexibility index (Phi) is 2.58. The SMILES string of the molecule is O=C(CNc1nc2ccc(F)cn2n1)NC1CC1. The Labute approximate surface area is 102 Å². The zero-order valence-corrected chi connectivity index (χ0v) is 9.56. The number of halogens is 1. The largest absolute Gasteiger partial charge is 0.352 e. The van der Waals surface area contributed by atoms with Crippen LogP contribution in [0.25, 0.3) is 5.65 Å². The number of amides is 1. The summed E-state index contributed by atoms with van der Waals surface area (Å²) < 4.78 is 14.3. The Morgan fingerprint density at radius 1 is 1.50 bits per heavy atom. The van der Waals surface area contributed by atoms with E-state index in [2.05, 4.69) is 20.7 Å². The van der Waals surface area contributed by atoms with Crippen molar-refractivity contribution in [1.82, 2.24) is 19.9 Å². The van der Waals surface area contributed by atoms with Gasteiger partial charge < -0.3 is 10.6 Å². The van der Waals surface area contributed by atoms with Gasteiger partial charge in [0.05, 0.1) is 12.7 Å². The maximum absolute atomic E-state index is 12.9. The molecule has 0 radical (unpaired) electrons. The smallest absolute Gasteiger partial charge is 0.243 e. The molecule has 2 aromatic heterocycles. The van der Waals surface area contributed by atoms with E-state index in [1.165, 1.54) is 22.8 Å². The molecule has 0 aromatic carbocycles. The van der Waals surface area contributed by atoms with Crippen LogP contribution in [-0.4, -0.2) is 33.1 Å². The van der Waals surface area contributed by atoms with Gasteiger partial charge in [-0.05, 0) is 25.0 Å². The van der Waals surface area contributed by atoms with Gasteiger partial charge in [0.25, 0.3) is 0 Å². The third-order valence-corrected chi connectivity index (χ3v) is 2.64. The lowest BCUT2D eigenvalue weighted by atomic mass is 10.5. The molecule has 2 N–H and O–H groups in total. The molecule has 0 unspecified atom stereocenters. The summed E-state index contributed by atoms with van der Waals surface area (Å²) >= 11 is 0. The van der Waals surface area contributed by atoms with Gasteiger partial charge in [0.1, 0.15) is 5.82 Å². The number of fused-ring (bicyclic) bond motifs is 1. The maximum Gasteiger partial charge on any atom is 0.243 e. The Bertz CT molecular complexity index is 592. The number of hydrogen-bond acceptors (Lipinski definition) is 4. The van der Waals surface area contributed by atoms with Crippen LogP contribution in [0.15, 0.2) is 18.3 Å². The molecule has 1 fully saturated rings. The van der Waals surface area contributed by atoms with E-state index in [0.717, 1.165) is 12.8 Å². The summed E-state index contributed by atoms with van der Waals surface area (Å²) in [7, 11) is 0. The minimum absolute atomic E-state index is 0.0810. The van der Waals surface area contributed by atoms with Crippen molar-refractivity contribution in [2.45, 2.75) is 18.9 Å². The topological polar surface area (TPSA) is 71.3 Å². The van der Waals surface area contributed by atoms with Gasteiger partial charge in [-0.15, -0.1) is 5.10 Å². The van der Waals surface area contributed by atoms with Crippen LogP contribution in [-0.2, 0) is 4.79 Å². The second-order valence-electron chi connectivity index (χ2n) is 4.28. The van der Waals surface area contributed by atoms with Crippen molar-refractivity contribution < 1.29 is 9.18 Å². The summed E-state index contributed by atoms with van der Waals surface area (Å²) in [6, 6.07) is 3.17. The molecule has 0 spiro atoms. The number of carbonyl (C=O) groups excluding carboxylic acids is 1. The predicted octanol–water partition coefficient (Wildman–Crippen LogP) is 0.559. The van der Waals surface area contributed by atoms with Gasteiger partial charge in [-0.3, -0.25) is 4.79 Å². The molecule has 1 saturated carbocycles. The first-order valence-corrected chi connectivity index (χ1v) is 5.76. The molecule has 0 atom stereocenters. The van der Waals surface area contributed by atoms with E-state index < -0.39 is 0 Å². The number of nitrogens with zero attached hydrogens (tertiary/aromatic N) is 3. The fraction of sp³-hybridized carbons (Fsp3) is 0.364. The quantitative estimate of drug-likeness (QED) is 0.830. The van der Waals surface area contributed by atoms with E-state index in [1.807, 2.05) is 0 Å². The number of pyridine rings is 1. The van der Waals surface area contributed by atoms with Gasteiger partial charge in [0.15, 0.2) is 5.65 Å². The van der Waals surface area contributed by atoms with Crippen LogP contribution in [0.5, 0.6) is 0 Å². The molecule has 2 heterocycles. The first-order chi connectivity index (χ1) is 8.70. The monoisotopic (exact) mass is 249 g/mol. The van der Waals surface area contributed by atoms with Gasteiger partial charge in [-0.1, -0.05) is 0 Å². The first kappa shape index (κ1) is 10.9. The number of carbonyl (C=O) groups is 1. The molecule has 6 nitrogen and oxygen atoms in total. The molecule has 18 heavy (non-hydrogen) atoms. The average molecular weight is 249 g/mol. The van der Waals surface area contributed by atoms with Crippen LogP contribution in [0.3, 0.4) is 0 Å². The van der Waals surface area contributed by atoms with E-state index in [0.29, 0.717) is 17.6 Å². The lowest BCUT2D eigenvalue weighted by Gasteiger charge is -2.02. The molecule has 0 saturated heterocycles. The van der Waals surface area contributed by atoms with Crippen LogP contribution in [0, 0.1) is 5.82 Å². The van der Waals surface area contributed by atoms with Crippen LogP contribution in [0.1, 0.15) is 12.8 Å². The van der Waals surface area contributed by atoms with Crippen molar-refractivity contribution in [3.8, 4) is 0 Å². The Morgan fingerprint density at radius 2 is 2.33 bits per heavy atom. The lowest BCUT2D eigenvalue weighted by Crippen LogP contribution is -2.31. The normalized spacial score (nSPS) is 14.7. The highest BCUT2D eigenvalue weighted by molar-refractivity contribution is 5.80. The summed E-state index contributed by atoms with van der Waals surface area (Å²) in [5, 5.41) is 9.67. The minimum atomic E-state index is -0.384. The molecule has 0 bridgehead atoms. The number of anilines is 1. The van der Waals surface area contributed by atoms with Gasteiger partial charge in [-0.25, -0.2) is 8.91 Å². The highest BCUT2D eigenvalue weighted by Gasteiger charge is 2.22. The number of aromatic nitrogens is 3. The average Bonchev–Trinajstić information content (AvgIpc) is 3.04. The highest BCUT2D eigenvalue weighted by atomic mass is 19.1. The third kappa shape index (κ3) is 2.39. The minimum Gasteiger partial charge on any atom is -0.352 e. The maximum atomic E-state index is 12.9. The van der Waals surface area contributed by atoms with Crippen LogP contribution >= 0.6 is 0 Å². The fourth-order valence-corrected chi connectivity index (χ4v) is 1.60. The zero-order valence-electron chi connectivity index (χ0n) is 9.56. The third-order valence-electron chi connectivity index (χ3n) is 2.64. The molecule has 94 valence electrons. The van der Waals surface area contributed by atoms with Crippen molar-refractivity contribution >= 4 is 17.5 Å². The van der Waals surface area contributed by atoms with E-state index in [9.17, 15) is 9.18 Å². The summed E-state index contributed by atoms with van der Waals surface area (Å²) in [4.78, 5) is 15.6. The van der Waals surface area contributed by atoms with Gasteiger partial charge in [0.2, 0.25) is 11.9 Å². The van der Waals surface area contributed by atoms with Crippen molar-refractivity contribution in [2.24, 2.45) is 0 Å². The summed E-state index contributed by atoms with van der Waals surface area (Å²) in [6.07, 6.45) is 3.34. The highest BCUT2D eigenvalue weighted by Crippen LogP contribution is 2.18. The number of rotatable bonds is 4. The zero-order chi connectivity index (χ0) is 12.5. The van der Waals surface area contributed by atoms with E-state index >= 15 is 0 Å². The van der Waals surface area contributed by atoms with Crippen molar-refractivity contribution in [1.29, 1.82) is 0 Å².